The summed E-state index contributed by atoms with van der Waals surface area (Å²) in [4.78, 5) is 39.3. The first-order valence-corrected chi connectivity index (χ1v) is 11.3. The highest BCUT2D eigenvalue weighted by Gasteiger charge is 2.19. The number of anilines is 1. The summed E-state index contributed by atoms with van der Waals surface area (Å²) in [6, 6.07) is 12.9. The van der Waals surface area contributed by atoms with Gasteiger partial charge in [-0.05, 0) is 55.2 Å². The molecule has 1 saturated heterocycles. The second kappa shape index (κ2) is 9.90. The van der Waals surface area contributed by atoms with Crippen molar-refractivity contribution in [2.75, 3.05) is 25.5 Å². The number of pyridine rings is 1. The largest absolute Gasteiger partial charge is 0.496 e. The summed E-state index contributed by atoms with van der Waals surface area (Å²) in [5.41, 5.74) is 2.39. The number of carbonyl (C=O) groups excluding carboxylic acids is 2. The zero-order valence-electron chi connectivity index (χ0n) is 19.1. The Balaban J connectivity index is 1.45. The molecule has 1 aliphatic rings. The van der Waals surface area contributed by atoms with Gasteiger partial charge in [0.1, 0.15) is 5.75 Å². The maximum Gasteiger partial charge on any atom is 0.258 e. The fourth-order valence-electron chi connectivity index (χ4n) is 4.41. The van der Waals surface area contributed by atoms with E-state index in [0.29, 0.717) is 36.0 Å². The van der Waals surface area contributed by atoms with E-state index in [1.807, 2.05) is 42.2 Å². The van der Waals surface area contributed by atoms with Gasteiger partial charge in [-0.15, -0.1) is 0 Å². The molecule has 2 heterocycles. The highest BCUT2D eigenvalue weighted by Crippen LogP contribution is 2.22. The molecule has 4 rings (SSSR count). The first-order chi connectivity index (χ1) is 16.0. The lowest BCUT2D eigenvalue weighted by atomic mass is 10.1. The third kappa shape index (κ3) is 5.08. The number of fused-ring (bicyclic) bond motifs is 1. The van der Waals surface area contributed by atoms with Crippen LogP contribution in [0.5, 0.6) is 5.75 Å². The van der Waals surface area contributed by atoms with Crippen molar-refractivity contribution in [1.29, 1.82) is 0 Å². The van der Waals surface area contributed by atoms with Crippen LogP contribution in [0.15, 0.2) is 53.5 Å². The lowest BCUT2D eigenvalue weighted by molar-refractivity contribution is -0.127. The second-order valence-corrected chi connectivity index (χ2v) is 8.45. The molecule has 0 saturated carbocycles. The van der Waals surface area contributed by atoms with E-state index in [0.717, 1.165) is 36.3 Å². The van der Waals surface area contributed by atoms with Gasteiger partial charge in [-0.2, -0.15) is 0 Å². The van der Waals surface area contributed by atoms with Crippen LogP contribution in [0, 0.1) is 6.92 Å². The summed E-state index contributed by atoms with van der Waals surface area (Å²) in [5.74, 6) is 0.842. The van der Waals surface area contributed by atoms with Crippen molar-refractivity contribution in [2.45, 2.75) is 39.2 Å². The monoisotopic (exact) mass is 447 g/mol. The fourth-order valence-corrected chi connectivity index (χ4v) is 4.41. The molecule has 3 aromatic rings. The molecule has 172 valence electrons. The summed E-state index contributed by atoms with van der Waals surface area (Å²) in [5, 5.41) is 4.23. The number of ether oxygens (including phenoxy) is 1. The molecule has 1 aliphatic heterocycles. The molecular weight excluding hydrogens is 418 g/mol. The number of carbonyl (C=O) groups is 2. The molecule has 7 nitrogen and oxygen atoms in total. The molecule has 0 atom stereocenters. The molecule has 0 unspecified atom stereocenters. The fraction of sp³-hybridized carbons (Fsp3) is 0.346. The Morgan fingerprint density at radius 1 is 1.09 bits per heavy atom. The molecule has 0 radical (unpaired) electrons. The average molecular weight is 448 g/mol. The predicted octanol–water partition coefficient (Wildman–Crippen LogP) is 3.51. The SMILES string of the molecule is COc1ccc(CC(=O)Nc2cccc3c(=O)n(CCCN4CCCC4=O)ccc23)cc1C. The van der Waals surface area contributed by atoms with Gasteiger partial charge in [0.15, 0.2) is 0 Å². The van der Waals surface area contributed by atoms with Crippen molar-refractivity contribution < 1.29 is 14.3 Å². The molecule has 0 aliphatic carbocycles. The van der Waals surface area contributed by atoms with Gasteiger partial charge in [-0.1, -0.05) is 18.2 Å². The Morgan fingerprint density at radius 3 is 2.67 bits per heavy atom. The number of likely N-dealkylation sites (tertiary alicyclic amines) is 1. The van der Waals surface area contributed by atoms with Crippen molar-refractivity contribution in [1.82, 2.24) is 9.47 Å². The van der Waals surface area contributed by atoms with E-state index in [1.54, 1.807) is 30.0 Å². The Morgan fingerprint density at radius 2 is 1.94 bits per heavy atom. The number of hydrogen-bond donors (Lipinski definition) is 1. The zero-order chi connectivity index (χ0) is 23.4. The van der Waals surface area contributed by atoms with Crippen molar-refractivity contribution in [2.24, 2.45) is 0 Å². The molecule has 7 heteroatoms. The van der Waals surface area contributed by atoms with Gasteiger partial charge in [-0.3, -0.25) is 14.4 Å². The average Bonchev–Trinajstić information content (AvgIpc) is 3.20. The number of hydrogen-bond acceptors (Lipinski definition) is 4. The van der Waals surface area contributed by atoms with Crippen molar-refractivity contribution >= 4 is 28.3 Å². The highest BCUT2D eigenvalue weighted by molar-refractivity contribution is 6.02. The molecule has 2 amide bonds. The van der Waals surface area contributed by atoms with E-state index < -0.39 is 0 Å². The van der Waals surface area contributed by atoms with Crippen LogP contribution >= 0.6 is 0 Å². The van der Waals surface area contributed by atoms with E-state index in [-0.39, 0.29) is 23.8 Å². The van der Waals surface area contributed by atoms with Gasteiger partial charge in [-0.25, -0.2) is 0 Å². The normalized spacial score (nSPS) is 13.5. The summed E-state index contributed by atoms with van der Waals surface area (Å²) >= 11 is 0. The minimum Gasteiger partial charge on any atom is -0.496 e. The third-order valence-electron chi connectivity index (χ3n) is 6.11. The van der Waals surface area contributed by atoms with E-state index >= 15 is 0 Å². The molecule has 1 N–H and O–H groups in total. The highest BCUT2D eigenvalue weighted by atomic mass is 16.5. The molecule has 1 aromatic heterocycles. The number of aromatic nitrogens is 1. The minimum atomic E-state index is -0.147. The number of amides is 2. The number of nitrogens with zero attached hydrogens (tertiary/aromatic N) is 2. The van der Waals surface area contributed by atoms with Crippen LogP contribution in [0.2, 0.25) is 0 Å². The summed E-state index contributed by atoms with van der Waals surface area (Å²) in [7, 11) is 1.62. The maximum atomic E-state index is 13.0. The van der Waals surface area contributed by atoms with E-state index in [4.69, 9.17) is 4.74 Å². The Labute approximate surface area is 193 Å². The lowest BCUT2D eigenvalue weighted by Gasteiger charge is -2.16. The van der Waals surface area contributed by atoms with Crippen LogP contribution in [0.25, 0.3) is 10.8 Å². The first-order valence-electron chi connectivity index (χ1n) is 11.3. The van der Waals surface area contributed by atoms with Crippen LogP contribution in [0.1, 0.15) is 30.4 Å². The molecule has 33 heavy (non-hydrogen) atoms. The third-order valence-corrected chi connectivity index (χ3v) is 6.11. The maximum absolute atomic E-state index is 13.0. The predicted molar refractivity (Wildman–Crippen MR) is 129 cm³/mol. The molecular formula is C26H29N3O4. The second-order valence-electron chi connectivity index (χ2n) is 8.45. The molecule has 0 bridgehead atoms. The summed E-state index contributed by atoms with van der Waals surface area (Å²) in [6.45, 7) is 3.97. The number of nitrogens with one attached hydrogen (secondary N) is 1. The van der Waals surface area contributed by atoms with Gasteiger partial charge in [0, 0.05) is 48.7 Å². The van der Waals surface area contributed by atoms with Crippen LogP contribution in [-0.4, -0.2) is 41.5 Å². The number of methoxy groups -OCH3 is 1. The van der Waals surface area contributed by atoms with Gasteiger partial charge >= 0.3 is 0 Å². The van der Waals surface area contributed by atoms with Gasteiger partial charge in [0.05, 0.1) is 13.5 Å². The van der Waals surface area contributed by atoms with E-state index in [1.165, 1.54) is 0 Å². The first kappa shape index (κ1) is 22.6. The van der Waals surface area contributed by atoms with Crippen molar-refractivity contribution in [3.05, 3.63) is 70.1 Å². The number of benzene rings is 2. The Hall–Kier alpha value is -3.61. The van der Waals surface area contributed by atoms with Crippen LogP contribution in [0.4, 0.5) is 5.69 Å². The van der Waals surface area contributed by atoms with Crippen molar-refractivity contribution in [3.8, 4) is 5.75 Å². The van der Waals surface area contributed by atoms with Crippen LogP contribution in [-0.2, 0) is 22.6 Å². The quantitative estimate of drug-likeness (QED) is 0.573. The topological polar surface area (TPSA) is 80.6 Å². The van der Waals surface area contributed by atoms with Gasteiger partial charge < -0.3 is 19.5 Å². The van der Waals surface area contributed by atoms with E-state index in [9.17, 15) is 14.4 Å². The Kier molecular flexibility index (Phi) is 6.77. The van der Waals surface area contributed by atoms with E-state index in [2.05, 4.69) is 5.32 Å². The van der Waals surface area contributed by atoms with Crippen LogP contribution in [0.3, 0.4) is 0 Å². The number of aryl methyl sites for hydroxylation is 2. The standard InChI is InChI=1S/C26H29N3O4/c1-18-16-19(9-10-23(18)33-2)17-24(30)27-22-7-3-6-21-20(22)11-15-29(26(21)32)14-5-13-28-12-4-8-25(28)31/h3,6-7,9-11,15-16H,4-5,8,12-14,17H2,1-2H3,(H,27,30). The molecule has 1 fully saturated rings. The Bertz CT molecular complexity index is 1250. The lowest BCUT2D eigenvalue weighted by Crippen LogP contribution is -2.28. The van der Waals surface area contributed by atoms with Gasteiger partial charge in [0.25, 0.3) is 5.56 Å². The summed E-state index contributed by atoms with van der Waals surface area (Å²) < 4.78 is 6.95. The molecule has 0 spiro atoms. The molecule has 2 aromatic carbocycles. The van der Waals surface area contributed by atoms with Crippen LogP contribution < -0.4 is 15.6 Å². The van der Waals surface area contributed by atoms with Gasteiger partial charge in [0.2, 0.25) is 11.8 Å². The minimum absolute atomic E-state index is 0.0953. The smallest absolute Gasteiger partial charge is 0.258 e. The summed E-state index contributed by atoms with van der Waals surface area (Å²) in [6.07, 6.45) is 4.27. The van der Waals surface area contributed by atoms with Crippen molar-refractivity contribution in [3.63, 3.8) is 0 Å². The number of rotatable bonds is 8. The zero-order valence-corrected chi connectivity index (χ0v) is 19.1.